The molecule has 2 aromatic carbocycles. The number of anilines is 1. The summed E-state index contributed by atoms with van der Waals surface area (Å²) in [5.41, 5.74) is 3.57. The van der Waals surface area contributed by atoms with Crippen molar-refractivity contribution in [2.45, 2.75) is 18.9 Å². The van der Waals surface area contributed by atoms with E-state index in [1.54, 1.807) is 7.11 Å². The van der Waals surface area contributed by atoms with Gasteiger partial charge in [-0.25, -0.2) is 0 Å². The third kappa shape index (κ3) is 4.47. The molecule has 0 bridgehead atoms. The molecule has 0 amide bonds. The lowest BCUT2D eigenvalue weighted by molar-refractivity contribution is 0.415. The van der Waals surface area contributed by atoms with E-state index in [1.165, 1.54) is 16.6 Å². The average Bonchev–Trinajstić information content (AvgIpc) is 3.39. The number of aromatic amines is 1. The number of fused-ring (bicyclic) bond motifs is 1. The first kappa shape index (κ1) is 19.2. The lowest BCUT2D eigenvalue weighted by Gasteiger charge is -2.22. The molecule has 1 atom stereocenters. The van der Waals surface area contributed by atoms with Crippen LogP contribution < -0.4 is 20.3 Å². The molecule has 1 fully saturated rings. The van der Waals surface area contributed by atoms with Gasteiger partial charge in [-0.3, -0.25) is 4.99 Å². The van der Waals surface area contributed by atoms with E-state index in [0.29, 0.717) is 6.04 Å². The maximum atomic E-state index is 5.51. The number of rotatable bonds is 6. The summed E-state index contributed by atoms with van der Waals surface area (Å²) in [5.74, 6) is 1.78. The van der Waals surface area contributed by atoms with E-state index in [1.807, 2.05) is 19.2 Å². The van der Waals surface area contributed by atoms with Crippen molar-refractivity contribution in [3.63, 3.8) is 0 Å². The van der Waals surface area contributed by atoms with E-state index in [4.69, 9.17) is 4.74 Å². The Morgan fingerprint density at radius 2 is 2.03 bits per heavy atom. The summed E-state index contributed by atoms with van der Waals surface area (Å²) in [5, 5.41) is 8.26. The number of para-hydroxylation sites is 3. The van der Waals surface area contributed by atoms with Crippen LogP contribution in [0.2, 0.25) is 0 Å². The summed E-state index contributed by atoms with van der Waals surface area (Å²) in [6, 6.07) is 19.2. The molecule has 1 aliphatic heterocycles. The van der Waals surface area contributed by atoms with Crippen LogP contribution >= 0.6 is 0 Å². The van der Waals surface area contributed by atoms with Crippen LogP contribution in [0.1, 0.15) is 12.1 Å². The van der Waals surface area contributed by atoms with Crippen molar-refractivity contribution in [2.75, 3.05) is 38.7 Å². The molecule has 1 unspecified atom stereocenters. The molecule has 6 nitrogen and oxygen atoms in total. The van der Waals surface area contributed by atoms with E-state index < -0.39 is 0 Å². The normalized spacial score (nSPS) is 17.0. The number of hydrogen-bond donors (Lipinski definition) is 3. The number of nitrogens with one attached hydrogen (secondary N) is 3. The Balaban J connectivity index is 1.28. The maximum Gasteiger partial charge on any atom is 0.191 e. The van der Waals surface area contributed by atoms with Crippen LogP contribution in [0.3, 0.4) is 0 Å². The Morgan fingerprint density at radius 3 is 2.86 bits per heavy atom. The van der Waals surface area contributed by atoms with E-state index in [-0.39, 0.29) is 0 Å². The summed E-state index contributed by atoms with van der Waals surface area (Å²) in [4.78, 5) is 10.2. The predicted molar refractivity (Wildman–Crippen MR) is 120 cm³/mol. The Hall–Kier alpha value is -3.15. The van der Waals surface area contributed by atoms with Gasteiger partial charge in [0.25, 0.3) is 0 Å². The lowest BCUT2D eigenvalue weighted by Crippen LogP contribution is -2.45. The first-order valence-corrected chi connectivity index (χ1v) is 10.2. The fourth-order valence-corrected chi connectivity index (χ4v) is 3.96. The summed E-state index contributed by atoms with van der Waals surface area (Å²) < 4.78 is 5.51. The molecule has 2 heterocycles. The van der Waals surface area contributed by atoms with Crippen molar-refractivity contribution in [2.24, 2.45) is 4.99 Å². The number of H-pyrrole nitrogens is 1. The van der Waals surface area contributed by atoms with Gasteiger partial charge in [-0.1, -0.05) is 30.3 Å². The molecule has 6 heteroatoms. The van der Waals surface area contributed by atoms with Crippen molar-refractivity contribution in [1.82, 2.24) is 15.6 Å². The standard InChI is InChI=1S/C23H29N5O/c1-24-23(25-13-11-18-15-17-7-3-4-8-20(17)26-18)27-19-12-14-28(16-19)21-9-5-6-10-22(21)29-2/h3-10,15,19,26H,11-14,16H2,1-2H3,(H2,24,25,27). The molecular formula is C23H29N5O. The van der Waals surface area contributed by atoms with Gasteiger partial charge in [-0.05, 0) is 36.1 Å². The monoisotopic (exact) mass is 391 g/mol. The highest BCUT2D eigenvalue weighted by Crippen LogP contribution is 2.30. The fourth-order valence-electron chi connectivity index (χ4n) is 3.96. The molecular weight excluding hydrogens is 362 g/mol. The summed E-state index contributed by atoms with van der Waals surface area (Å²) in [6.07, 6.45) is 1.99. The molecule has 1 saturated heterocycles. The van der Waals surface area contributed by atoms with E-state index in [9.17, 15) is 0 Å². The minimum atomic E-state index is 0.360. The SMILES string of the molecule is CN=C(NCCc1cc2ccccc2[nH]1)NC1CCN(c2ccccc2OC)C1. The predicted octanol–water partition coefficient (Wildman–Crippen LogP) is 3.16. The van der Waals surface area contributed by atoms with Crippen molar-refractivity contribution in [1.29, 1.82) is 0 Å². The quantitative estimate of drug-likeness (QED) is 0.446. The molecule has 0 saturated carbocycles. The van der Waals surface area contributed by atoms with E-state index in [0.717, 1.165) is 49.9 Å². The van der Waals surface area contributed by atoms with Gasteiger partial charge in [0, 0.05) is 50.4 Å². The third-order valence-electron chi connectivity index (χ3n) is 5.45. The zero-order valence-corrected chi connectivity index (χ0v) is 17.1. The lowest BCUT2D eigenvalue weighted by atomic mass is 10.2. The third-order valence-corrected chi connectivity index (χ3v) is 5.45. The van der Waals surface area contributed by atoms with Gasteiger partial charge in [0.15, 0.2) is 5.96 Å². The Bertz CT molecular complexity index is 947. The zero-order valence-electron chi connectivity index (χ0n) is 17.1. The highest BCUT2D eigenvalue weighted by Gasteiger charge is 2.25. The van der Waals surface area contributed by atoms with Crippen LogP contribution in [0.5, 0.6) is 5.75 Å². The highest BCUT2D eigenvalue weighted by atomic mass is 16.5. The average molecular weight is 392 g/mol. The van der Waals surface area contributed by atoms with Crippen molar-refractivity contribution in [3.05, 3.63) is 60.3 Å². The number of ether oxygens (including phenoxy) is 1. The Kier molecular flexibility index (Phi) is 5.89. The van der Waals surface area contributed by atoms with E-state index in [2.05, 4.69) is 68.0 Å². The molecule has 0 spiro atoms. The number of benzene rings is 2. The van der Waals surface area contributed by atoms with Gasteiger partial charge in [-0.15, -0.1) is 0 Å². The topological polar surface area (TPSA) is 64.7 Å². The Labute approximate surface area is 172 Å². The number of methoxy groups -OCH3 is 1. The highest BCUT2D eigenvalue weighted by molar-refractivity contribution is 5.81. The second-order valence-corrected chi connectivity index (χ2v) is 7.38. The first-order chi connectivity index (χ1) is 14.3. The minimum absolute atomic E-state index is 0.360. The van der Waals surface area contributed by atoms with Gasteiger partial charge in [-0.2, -0.15) is 0 Å². The molecule has 0 aliphatic carbocycles. The number of nitrogens with zero attached hydrogens (tertiary/aromatic N) is 2. The molecule has 0 radical (unpaired) electrons. The van der Waals surface area contributed by atoms with Crippen molar-refractivity contribution >= 4 is 22.5 Å². The summed E-state index contributed by atoms with van der Waals surface area (Å²) in [7, 11) is 3.55. The summed E-state index contributed by atoms with van der Waals surface area (Å²) in [6.45, 7) is 2.77. The first-order valence-electron chi connectivity index (χ1n) is 10.2. The van der Waals surface area contributed by atoms with Crippen molar-refractivity contribution in [3.8, 4) is 5.75 Å². The van der Waals surface area contributed by atoms with Crippen LogP contribution in [0.25, 0.3) is 10.9 Å². The van der Waals surface area contributed by atoms with Crippen LogP contribution in [-0.2, 0) is 6.42 Å². The summed E-state index contributed by atoms with van der Waals surface area (Å²) >= 11 is 0. The second-order valence-electron chi connectivity index (χ2n) is 7.38. The van der Waals surface area contributed by atoms with Crippen LogP contribution in [-0.4, -0.2) is 50.8 Å². The van der Waals surface area contributed by atoms with Crippen molar-refractivity contribution < 1.29 is 4.74 Å². The van der Waals surface area contributed by atoms with Gasteiger partial charge >= 0.3 is 0 Å². The van der Waals surface area contributed by atoms with Crippen LogP contribution in [0.4, 0.5) is 5.69 Å². The molecule has 29 heavy (non-hydrogen) atoms. The largest absolute Gasteiger partial charge is 0.495 e. The smallest absolute Gasteiger partial charge is 0.191 e. The minimum Gasteiger partial charge on any atom is -0.495 e. The van der Waals surface area contributed by atoms with Gasteiger partial charge in [0.05, 0.1) is 12.8 Å². The fraction of sp³-hybridized carbons (Fsp3) is 0.348. The molecule has 3 aromatic rings. The number of hydrogen-bond acceptors (Lipinski definition) is 3. The molecule has 1 aliphatic rings. The Morgan fingerprint density at radius 1 is 1.21 bits per heavy atom. The second kappa shape index (κ2) is 8.90. The number of aliphatic imine (C=N–C) groups is 1. The van der Waals surface area contributed by atoms with Crippen LogP contribution in [0, 0.1) is 0 Å². The number of aromatic nitrogens is 1. The number of guanidine groups is 1. The van der Waals surface area contributed by atoms with Gasteiger partial charge in [0.2, 0.25) is 0 Å². The molecule has 4 rings (SSSR count). The molecule has 152 valence electrons. The van der Waals surface area contributed by atoms with Crippen LogP contribution in [0.15, 0.2) is 59.6 Å². The molecule has 3 N–H and O–H groups in total. The maximum absolute atomic E-state index is 5.51. The van der Waals surface area contributed by atoms with E-state index >= 15 is 0 Å². The van der Waals surface area contributed by atoms with Gasteiger partial charge < -0.3 is 25.3 Å². The molecule has 1 aromatic heterocycles. The zero-order chi connectivity index (χ0) is 20.1. The van der Waals surface area contributed by atoms with Gasteiger partial charge in [0.1, 0.15) is 5.75 Å².